The molecule has 3 heterocycles. The van der Waals surface area contributed by atoms with Gasteiger partial charge in [-0.05, 0) is 76.9 Å². The van der Waals surface area contributed by atoms with Crippen molar-refractivity contribution in [1.29, 1.82) is 0 Å². The summed E-state index contributed by atoms with van der Waals surface area (Å²) in [5, 5.41) is 7.75. The molecule has 0 unspecified atom stereocenters. The lowest BCUT2D eigenvalue weighted by molar-refractivity contribution is 0.660. The Morgan fingerprint density at radius 2 is 1.08 bits per heavy atom. The molecule has 0 atom stereocenters. The van der Waals surface area contributed by atoms with Crippen LogP contribution in [0.25, 0.3) is 86.3 Å². The predicted molar refractivity (Wildman–Crippen MR) is 206 cm³/mol. The molecule has 226 valence electrons. The first kappa shape index (κ1) is 26.4. The van der Waals surface area contributed by atoms with Gasteiger partial charge in [0.25, 0.3) is 0 Å². The van der Waals surface area contributed by atoms with E-state index < -0.39 is 0 Å². The van der Waals surface area contributed by atoms with Crippen molar-refractivity contribution in [2.24, 2.45) is 0 Å². The van der Waals surface area contributed by atoms with Crippen LogP contribution in [-0.4, -0.2) is 9.13 Å². The molecule has 1 aliphatic rings. The highest BCUT2D eigenvalue weighted by atomic mass is 32.1. The number of rotatable bonds is 2. The minimum atomic E-state index is -0.0206. The normalized spacial score (nSPS) is 13.8. The summed E-state index contributed by atoms with van der Waals surface area (Å²) < 4.78 is 7.65. The van der Waals surface area contributed by atoms with Crippen molar-refractivity contribution in [3.05, 3.63) is 157 Å². The summed E-state index contributed by atoms with van der Waals surface area (Å²) in [6, 6.07) is 54.3. The van der Waals surface area contributed by atoms with Crippen LogP contribution in [0.4, 0.5) is 0 Å². The standard InChI is InChI=1S/C45H30N2S/c1-45(2)36-15-7-3-11-29(36)34-25-27(19-22-37(34)45)46-39-17-9-5-14-33(39)43-40(46)23-21-32-30-12-4-8-16-38(30)47(44(32)43)28-20-24-42-35(26-28)31-13-6-10-18-41(31)48-42/h3-26H,1-2H3. The summed E-state index contributed by atoms with van der Waals surface area (Å²) in [5.41, 5.74) is 12.8. The molecule has 0 saturated heterocycles. The van der Waals surface area contributed by atoms with Gasteiger partial charge in [0.15, 0.2) is 0 Å². The molecule has 3 heteroatoms. The van der Waals surface area contributed by atoms with Gasteiger partial charge >= 0.3 is 0 Å². The van der Waals surface area contributed by atoms with E-state index in [0.717, 1.165) is 0 Å². The number of hydrogen-bond donors (Lipinski definition) is 0. The van der Waals surface area contributed by atoms with Gasteiger partial charge in [-0.2, -0.15) is 0 Å². The average Bonchev–Trinajstić information content (AvgIpc) is 3.83. The smallest absolute Gasteiger partial charge is 0.0641 e. The monoisotopic (exact) mass is 630 g/mol. The van der Waals surface area contributed by atoms with Crippen molar-refractivity contribution >= 4 is 75.1 Å². The molecule has 10 aromatic rings. The van der Waals surface area contributed by atoms with E-state index in [1.54, 1.807) is 0 Å². The Balaban J connectivity index is 1.26. The number of hydrogen-bond acceptors (Lipinski definition) is 1. The second-order valence-electron chi connectivity index (χ2n) is 13.7. The Morgan fingerprint density at radius 1 is 0.438 bits per heavy atom. The van der Waals surface area contributed by atoms with Gasteiger partial charge < -0.3 is 9.13 Å². The predicted octanol–water partition coefficient (Wildman–Crippen LogP) is 12.6. The summed E-state index contributed by atoms with van der Waals surface area (Å²) in [6.45, 7) is 4.70. The molecule has 0 radical (unpaired) electrons. The third-order valence-corrected chi connectivity index (χ3v) is 12.1. The van der Waals surface area contributed by atoms with Gasteiger partial charge in [-0.3, -0.25) is 0 Å². The van der Waals surface area contributed by atoms with Crippen LogP contribution in [0.5, 0.6) is 0 Å². The van der Waals surface area contributed by atoms with E-state index in [1.807, 2.05) is 11.3 Å². The molecular weight excluding hydrogens is 601 g/mol. The average molecular weight is 631 g/mol. The first-order chi connectivity index (χ1) is 23.6. The Bertz CT molecular complexity index is 2980. The van der Waals surface area contributed by atoms with Gasteiger partial charge in [-0.1, -0.05) is 105 Å². The van der Waals surface area contributed by atoms with Crippen molar-refractivity contribution in [3.63, 3.8) is 0 Å². The zero-order chi connectivity index (χ0) is 31.7. The van der Waals surface area contributed by atoms with Crippen LogP contribution in [0.15, 0.2) is 146 Å². The van der Waals surface area contributed by atoms with E-state index in [1.165, 1.54) is 97.4 Å². The third-order valence-electron chi connectivity index (χ3n) is 10.9. The highest BCUT2D eigenvalue weighted by Gasteiger charge is 2.35. The molecule has 1 aliphatic carbocycles. The highest BCUT2D eigenvalue weighted by molar-refractivity contribution is 7.25. The molecule has 0 fully saturated rings. The van der Waals surface area contributed by atoms with E-state index >= 15 is 0 Å². The number of para-hydroxylation sites is 2. The van der Waals surface area contributed by atoms with Crippen molar-refractivity contribution in [1.82, 2.24) is 9.13 Å². The zero-order valence-corrected chi connectivity index (χ0v) is 27.5. The maximum Gasteiger partial charge on any atom is 0.0641 e. The maximum absolute atomic E-state index is 2.51. The molecule has 0 spiro atoms. The second kappa shape index (κ2) is 9.25. The quantitative estimate of drug-likeness (QED) is 0.180. The van der Waals surface area contributed by atoms with E-state index in [2.05, 4.69) is 169 Å². The van der Waals surface area contributed by atoms with Crippen LogP contribution in [0, 0.1) is 0 Å². The van der Waals surface area contributed by atoms with Gasteiger partial charge in [-0.15, -0.1) is 11.3 Å². The van der Waals surface area contributed by atoms with Crippen molar-refractivity contribution in [2.45, 2.75) is 19.3 Å². The molecule has 0 N–H and O–H groups in total. The Kier molecular flexibility index (Phi) is 5.09. The van der Waals surface area contributed by atoms with Gasteiger partial charge in [-0.25, -0.2) is 0 Å². The maximum atomic E-state index is 2.51. The van der Waals surface area contributed by atoms with E-state index in [-0.39, 0.29) is 5.41 Å². The first-order valence-electron chi connectivity index (χ1n) is 16.7. The lowest BCUT2D eigenvalue weighted by Gasteiger charge is -2.21. The molecule has 48 heavy (non-hydrogen) atoms. The van der Waals surface area contributed by atoms with Gasteiger partial charge in [0.1, 0.15) is 0 Å². The molecule has 3 aromatic heterocycles. The van der Waals surface area contributed by atoms with Crippen LogP contribution in [0.2, 0.25) is 0 Å². The summed E-state index contributed by atoms with van der Waals surface area (Å²) in [6.07, 6.45) is 0. The van der Waals surface area contributed by atoms with Crippen molar-refractivity contribution < 1.29 is 0 Å². The lowest BCUT2D eigenvalue weighted by atomic mass is 9.82. The molecule has 0 bridgehead atoms. The fourth-order valence-corrected chi connectivity index (χ4v) is 9.84. The van der Waals surface area contributed by atoms with Gasteiger partial charge in [0.2, 0.25) is 0 Å². The van der Waals surface area contributed by atoms with E-state index in [9.17, 15) is 0 Å². The fraction of sp³-hybridized carbons (Fsp3) is 0.0667. The summed E-state index contributed by atoms with van der Waals surface area (Å²) in [5.74, 6) is 0. The van der Waals surface area contributed by atoms with Crippen LogP contribution < -0.4 is 0 Å². The molecule has 0 aliphatic heterocycles. The molecule has 2 nitrogen and oxygen atoms in total. The van der Waals surface area contributed by atoms with Crippen LogP contribution in [0.3, 0.4) is 0 Å². The van der Waals surface area contributed by atoms with Gasteiger partial charge in [0.05, 0.1) is 22.1 Å². The lowest BCUT2D eigenvalue weighted by Crippen LogP contribution is -2.14. The SMILES string of the molecule is CC1(C)c2ccccc2-c2cc(-n3c4ccccc4c4c3ccc3c5ccccc5n(-c5ccc6sc7ccccc7c6c5)c34)ccc21. The Hall–Kier alpha value is -5.64. The highest BCUT2D eigenvalue weighted by Crippen LogP contribution is 2.50. The molecule has 0 amide bonds. The zero-order valence-electron chi connectivity index (χ0n) is 26.7. The number of aromatic nitrogens is 2. The van der Waals surface area contributed by atoms with E-state index in [0.29, 0.717) is 0 Å². The largest absolute Gasteiger partial charge is 0.309 e. The topological polar surface area (TPSA) is 9.86 Å². The first-order valence-corrected chi connectivity index (χ1v) is 17.5. The van der Waals surface area contributed by atoms with Gasteiger partial charge in [0, 0.05) is 58.5 Å². The van der Waals surface area contributed by atoms with Crippen molar-refractivity contribution in [3.8, 4) is 22.5 Å². The summed E-state index contributed by atoms with van der Waals surface area (Å²) >= 11 is 1.87. The second-order valence-corrected chi connectivity index (χ2v) is 14.8. The van der Waals surface area contributed by atoms with Crippen LogP contribution in [0.1, 0.15) is 25.0 Å². The molecule has 11 rings (SSSR count). The fourth-order valence-electron chi connectivity index (χ4n) is 8.76. The third kappa shape index (κ3) is 3.31. The van der Waals surface area contributed by atoms with E-state index in [4.69, 9.17) is 0 Å². The van der Waals surface area contributed by atoms with Crippen LogP contribution >= 0.6 is 11.3 Å². The number of nitrogens with zero attached hydrogens (tertiary/aromatic N) is 2. The Labute approximate surface area is 281 Å². The number of fused-ring (bicyclic) bond motifs is 13. The Morgan fingerprint density at radius 3 is 1.96 bits per heavy atom. The number of benzene rings is 7. The van der Waals surface area contributed by atoms with Crippen LogP contribution in [-0.2, 0) is 5.41 Å². The minimum Gasteiger partial charge on any atom is -0.309 e. The summed E-state index contributed by atoms with van der Waals surface area (Å²) in [7, 11) is 0. The molecule has 7 aromatic carbocycles. The molecule has 0 saturated carbocycles. The number of thiophene rings is 1. The molecular formula is C45H30N2S. The minimum absolute atomic E-state index is 0.0206. The van der Waals surface area contributed by atoms with Crippen molar-refractivity contribution in [2.75, 3.05) is 0 Å². The summed E-state index contributed by atoms with van der Waals surface area (Å²) in [4.78, 5) is 0.